The molecule has 2 aromatic heterocycles. The zero-order chi connectivity index (χ0) is 20.1. The number of benzene rings is 2. The summed E-state index contributed by atoms with van der Waals surface area (Å²) in [5.74, 6) is 0.598. The summed E-state index contributed by atoms with van der Waals surface area (Å²) in [6.45, 7) is 2.87. The molecule has 0 aliphatic carbocycles. The molecule has 0 spiro atoms. The topological polar surface area (TPSA) is 69.8 Å². The van der Waals surface area contributed by atoms with E-state index in [0.29, 0.717) is 5.56 Å². The Morgan fingerprint density at radius 2 is 1.86 bits per heavy atom. The standard InChI is InChI=1S/C24H24N4O/c1-2-17-7-10-20(11-8-17)28-24(29)19-9-12-23(27-16-19)25-14-13-18-15-26-22-6-4-3-5-21(18)22/h3-12,15-16,26H,2,13-14H2,1H3,(H,25,27)(H,28,29). The summed E-state index contributed by atoms with van der Waals surface area (Å²) in [4.78, 5) is 20.1. The number of amides is 1. The first-order valence-electron chi connectivity index (χ1n) is 9.88. The lowest BCUT2D eigenvalue weighted by atomic mass is 10.1. The molecular formula is C24H24N4O. The van der Waals surface area contributed by atoms with Crippen LogP contribution in [0.25, 0.3) is 10.9 Å². The van der Waals surface area contributed by atoms with Gasteiger partial charge >= 0.3 is 0 Å². The van der Waals surface area contributed by atoms with Gasteiger partial charge in [-0.25, -0.2) is 4.98 Å². The third-order valence-corrected chi connectivity index (χ3v) is 5.02. The number of fused-ring (bicyclic) bond motifs is 1. The van der Waals surface area contributed by atoms with Gasteiger partial charge in [0.15, 0.2) is 0 Å². The number of aromatic nitrogens is 2. The SMILES string of the molecule is CCc1ccc(NC(=O)c2ccc(NCCc3c[nH]c4ccccc34)nc2)cc1. The first-order valence-corrected chi connectivity index (χ1v) is 9.88. The Morgan fingerprint density at radius 1 is 1.03 bits per heavy atom. The molecule has 0 saturated carbocycles. The highest BCUT2D eigenvalue weighted by Gasteiger charge is 2.07. The van der Waals surface area contributed by atoms with Crippen LogP contribution in [0.3, 0.4) is 0 Å². The maximum absolute atomic E-state index is 12.4. The van der Waals surface area contributed by atoms with Crippen molar-refractivity contribution in [1.82, 2.24) is 9.97 Å². The number of H-pyrrole nitrogens is 1. The van der Waals surface area contributed by atoms with Crippen molar-refractivity contribution >= 4 is 28.3 Å². The number of hydrogen-bond acceptors (Lipinski definition) is 3. The number of carbonyl (C=O) groups is 1. The molecule has 2 aromatic carbocycles. The van der Waals surface area contributed by atoms with Crippen LogP contribution in [0.4, 0.5) is 11.5 Å². The fourth-order valence-electron chi connectivity index (χ4n) is 3.32. The number of nitrogens with zero attached hydrogens (tertiary/aromatic N) is 1. The van der Waals surface area contributed by atoms with Crippen LogP contribution in [0.15, 0.2) is 73.1 Å². The minimum Gasteiger partial charge on any atom is -0.370 e. The first-order chi connectivity index (χ1) is 14.2. The molecular weight excluding hydrogens is 360 g/mol. The van der Waals surface area contributed by atoms with Gasteiger partial charge in [-0.2, -0.15) is 0 Å². The van der Waals surface area contributed by atoms with E-state index >= 15 is 0 Å². The molecule has 5 nitrogen and oxygen atoms in total. The van der Waals surface area contributed by atoms with Gasteiger partial charge in [-0.05, 0) is 54.3 Å². The first kappa shape index (κ1) is 18.7. The van der Waals surface area contributed by atoms with Gasteiger partial charge in [0, 0.05) is 35.5 Å². The van der Waals surface area contributed by atoms with E-state index < -0.39 is 0 Å². The van der Waals surface area contributed by atoms with E-state index in [1.54, 1.807) is 12.3 Å². The maximum Gasteiger partial charge on any atom is 0.257 e. The number of nitrogens with one attached hydrogen (secondary N) is 3. The zero-order valence-corrected chi connectivity index (χ0v) is 16.4. The third-order valence-electron chi connectivity index (χ3n) is 5.02. The van der Waals surface area contributed by atoms with Gasteiger partial charge in [0.1, 0.15) is 5.82 Å². The molecule has 0 unspecified atom stereocenters. The molecule has 0 atom stereocenters. The van der Waals surface area contributed by atoms with Crippen molar-refractivity contribution in [3.8, 4) is 0 Å². The van der Waals surface area contributed by atoms with Crippen LogP contribution in [0.2, 0.25) is 0 Å². The van der Waals surface area contributed by atoms with Gasteiger partial charge in [-0.1, -0.05) is 37.3 Å². The van der Waals surface area contributed by atoms with Gasteiger partial charge in [0.05, 0.1) is 5.56 Å². The molecule has 0 radical (unpaired) electrons. The van der Waals surface area contributed by atoms with Crippen molar-refractivity contribution in [3.63, 3.8) is 0 Å². The van der Waals surface area contributed by atoms with Crippen molar-refractivity contribution in [3.05, 3.63) is 89.7 Å². The Morgan fingerprint density at radius 3 is 2.62 bits per heavy atom. The molecule has 0 saturated heterocycles. The highest BCUT2D eigenvalue weighted by molar-refractivity contribution is 6.04. The Labute approximate surface area is 170 Å². The molecule has 4 rings (SSSR count). The van der Waals surface area contributed by atoms with Gasteiger partial charge in [0.25, 0.3) is 5.91 Å². The molecule has 0 aliphatic rings. The second kappa shape index (κ2) is 8.61. The second-order valence-electron chi connectivity index (χ2n) is 6.97. The van der Waals surface area contributed by atoms with E-state index in [-0.39, 0.29) is 5.91 Å². The van der Waals surface area contributed by atoms with E-state index in [9.17, 15) is 4.79 Å². The van der Waals surface area contributed by atoms with E-state index in [1.807, 2.05) is 36.4 Å². The lowest BCUT2D eigenvalue weighted by Gasteiger charge is -2.08. The number of rotatable bonds is 7. The van der Waals surface area contributed by atoms with E-state index in [1.165, 1.54) is 16.5 Å². The predicted molar refractivity (Wildman–Crippen MR) is 119 cm³/mol. The van der Waals surface area contributed by atoms with Crippen molar-refractivity contribution in [2.24, 2.45) is 0 Å². The van der Waals surface area contributed by atoms with Crippen LogP contribution in [0.5, 0.6) is 0 Å². The largest absolute Gasteiger partial charge is 0.370 e. The molecule has 146 valence electrons. The van der Waals surface area contributed by atoms with Crippen LogP contribution in [0.1, 0.15) is 28.4 Å². The lowest BCUT2D eigenvalue weighted by molar-refractivity contribution is 0.102. The molecule has 2 heterocycles. The molecule has 5 heteroatoms. The Kier molecular flexibility index (Phi) is 5.56. The number of aryl methyl sites for hydroxylation is 1. The number of carbonyl (C=O) groups excluding carboxylic acids is 1. The number of para-hydroxylation sites is 1. The third kappa shape index (κ3) is 4.46. The minimum atomic E-state index is -0.160. The van der Waals surface area contributed by atoms with Gasteiger partial charge in [-0.15, -0.1) is 0 Å². The summed E-state index contributed by atoms with van der Waals surface area (Å²) >= 11 is 0. The van der Waals surface area contributed by atoms with Crippen LogP contribution in [0, 0.1) is 0 Å². The van der Waals surface area contributed by atoms with Crippen LogP contribution in [-0.4, -0.2) is 22.4 Å². The average Bonchev–Trinajstić information content (AvgIpc) is 3.18. The Bertz CT molecular complexity index is 1100. The Balaban J connectivity index is 1.32. The summed E-state index contributed by atoms with van der Waals surface area (Å²) < 4.78 is 0. The van der Waals surface area contributed by atoms with Gasteiger partial charge in [0.2, 0.25) is 0 Å². The summed E-state index contributed by atoms with van der Waals surface area (Å²) in [6.07, 6.45) is 5.53. The van der Waals surface area contributed by atoms with Crippen LogP contribution >= 0.6 is 0 Å². The number of pyridine rings is 1. The molecule has 0 aliphatic heterocycles. The lowest BCUT2D eigenvalue weighted by Crippen LogP contribution is -2.13. The number of aromatic amines is 1. The van der Waals surface area contributed by atoms with Crippen LogP contribution < -0.4 is 10.6 Å². The van der Waals surface area contributed by atoms with Crippen molar-refractivity contribution in [2.45, 2.75) is 19.8 Å². The molecule has 0 fully saturated rings. The summed E-state index contributed by atoms with van der Waals surface area (Å²) in [5.41, 5.74) is 4.99. The number of anilines is 2. The van der Waals surface area contributed by atoms with E-state index in [2.05, 4.69) is 51.9 Å². The van der Waals surface area contributed by atoms with Gasteiger partial charge < -0.3 is 15.6 Å². The molecule has 3 N–H and O–H groups in total. The average molecular weight is 384 g/mol. The quantitative estimate of drug-likeness (QED) is 0.418. The maximum atomic E-state index is 12.4. The molecule has 4 aromatic rings. The minimum absolute atomic E-state index is 0.160. The fraction of sp³-hybridized carbons (Fsp3) is 0.167. The fourth-order valence-corrected chi connectivity index (χ4v) is 3.32. The second-order valence-corrected chi connectivity index (χ2v) is 6.97. The highest BCUT2D eigenvalue weighted by Crippen LogP contribution is 2.18. The summed E-state index contributed by atoms with van der Waals surface area (Å²) in [7, 11) is 0. The van der Waals surface area contributed by atoms with Crippen molar-refractivity contribution < 1.29 is 4.79 Å². The normalized spacial score (nSPS) is 10.8. The summed E-state index contributed by atoms with van der Waals surface area (Å²) in [5, 5.41) is 7.48. The molecule has 1 amide bonds. The van der Waals surface area contributed by atoms with Crippen LogP contribution in [-0.2, 0) is 12.8 Å². The van der Waals surface area contributed by atoms with Crippen molar-refractivity contribution in [1.29, 1.82) is 0 Å². The molecule has 29 heavy (non-hydrogen) atoms. The number of hydrogen-bond donors (Lipinski definition) is 3. The van der Waals surface area contributed by atoms with E-state index in [4.69, 9.17) is 0 Å². The van der Waals surface area contributed by atoms with Crippen molar-refractivity contribution in [2.75, 3.05) is 17.2 Å². The van der Waals surface area contributed by atoms with E-state index in [0.717, 1.165) is 36.4 Å². The van der Waals surface area contributed by atoms with Gasteiger partial charge in [-0.3, -0.25) is 4.79 Å². The Hall–Kier alpha value is -3.60. The predicted octanol–water partition coefficient (Wildman–Crippen LogP) is 5.03. The highest BCUT2D eigenvalue weighted by atomic mass is 16.1. The monoisotopic (exact) mass is 384 g/mol. The molecule has 0 bridgehead atoms. The summed E-state index contributed by atoms with van der Waals surface area (Å²) in [6, 6.07) is 19.8. The zero-order valence-electron chi connectivity index (χ0n) is 16.4. The smallest absolute Gasteiger partial charge is 0.257 e.